The Kier molecular flexibility index (Phi) is 5.59. The number of halogens is 2. The predicted octanol–water partition coefficient (Wildman–Crippen LogP) is 5.32. The molecule has 0 saturated heterocycles. The van der Waals surface area contributed by atoms with Crippen LogP contribution in [0.15, 0.2) is 66.9 Å². The Morgan fingerprint density at radius 3 is 2.42 bits per heavy atom. The lowest BCUT2D eigenvalue weighted by Gasteiger charge is -2.10. The number of methoxy groups -OCH3 is 1. The van der Waals surface area contributed by atoms with Gasteiger partial charge >= 0.3 is 0 Å². The van der Waals surface area contributed by atoms with Crippen molar-refractivity contribution in [1.82, 2.24) is 4.40 Å². The SMILES string of the molecule is COc1ccc(Cl)cc1NC(=O)c1c(N)c(C(=O)c2ccc(Cl)cc2)n2ccccc12. The number of hydrogen-bond acceptors (Lipinski definition) is 4. The number of nitrogens with one attached hydrogen (secondary N) is 1. The number of anilines is 2. The Morgan fingerprint density at radius 1 is 1.00 bits per heavy atom. The van der Waals surface area contributed by atoms with Gasteiger partial charge in [0.2, 0.25) is 5.78 Å². The van der Waals surface area contributed by atoms with Crippen LogP contribution in [0.5, 0.6) is 5.75 Å². The van der Waals surface area contributed by atoms with Crippen LogP contribution < -0.4 is 15.8 Å². The molecule has 1 amide bonds. The average molecular weight is 454 g/mol. The highest BCUT2D eigenvalue weighted by Gasteiger charge is 2.26. The summed E-state index contributed by atoms with van der Waals surface area (Å²) in [6, 6.07) is 16.6. The van der Waals surface area contributed by atoms with Crippen LogP contribution in [0.4, 0.5) is 11.4 Å². The van der Waals surface area contributed by atoms with E-state index in [4.69, 9.17) is 33.7 Å². The van der Waals surface area contributed by atoms with E-state index in [1.165, 1.54) is 7.11 Å². The summed E-state index contributed by atoms with van der Waals surface area (Å²) in [6.07, 6.45) is 1.69. The van der Waals surface area contributed by atoms with Gasteiger partial charge in [0.1, 0.15) is 11.4 Å². The standard InChI is InChI=1S/C23H17Cl2N3O3/c1-31-18-10-9-15(25)12-16(18)27-23(30)19-17-4-2-3-11-28(17)21(20(19)26)22(29)13-5-7-14(24)8-6-13/h2-12H,26H2,1H3,(H,27,30). The highest BCUT2D eigenvalue weighted by molar-refractivity contribution is 6.31. The van der Waals surface area contributed by atoms with Crippen LogP contribution in [0.3, 0.4) is 0 Å². The average Bonchev–Trinajstić information content (AvgIpc) is 3.05. The zero-order valence-electron chi connectivity index (χ0n) is 16.4. The number of aromatic nitrogens is 1. The van der Waals surface area contributed by atoms with E-state index in [2.05, 4.69) is 5.32 Å². The van der Waals surface area contributed by atoms with Gasteiger partial charge in [-0.15, -0.1) is 0 Å². The van der Waals surface area contributed by atoms with Gasteiger partial charge in [-0.1, -0.05) is 29.3 Å². The maximum Gasteiger partial charge on any atom is 0.260 e. The Hall–Kier alpha value is -3.48. The van der Waals surface area contributed by atoms with Gasteiger partial charge in [-0.05, 0) is 54.6 Å². The topological polar surface area (TPSA) is 85.8 Å². The fraction of sp³-hybridized carbons (Fsp3) is 0.0435. The summed E-state index contributed by atoms with van der Waals surface area (Å²) in [4.78, 5) is 26.4. The van der Waals surface area contributed by atoms with E-state index in [1.54, 1.807) is 71.3 Å². The molecule has 0 fully saturated rings. The second-order valence-corrected chi connectivity index (χ2v) is 7.60. The monoisotopic (exact) mass is 453 g/mol. The highest BCUT2D eigenvalue weighted by Crippen LogP contribution is 2.32. The van der Waals surface area contributed by atoms with Crippen molar-refractivity contribution in [3.8, 4) is 5.75 Å². The fourth-order valence-corrected chi connectivity index (χ4v) is 3.70. The van der Waals surface area contributed by atoms with Crippen LogP contribution in [0, 0.1) is 0 Å². The van der Waals surface area contributed by atoms with Crippen LogP contribution in [0.25, 0.3) is 5.52 Å². The number of carbonyl (C=O) groups excluding carboxylic acids is 2. The molecule has 3 N–H and O–H groups in total. The molecule has 0 aliphatic rings. The van der Waals surface area contributed by atoms with Crippen molar-refractivity contribution in [1.29, 1.82) is 0 Å². The number of benzene rings is 2. The molecule has 2 aromatic carbocycles. The number of pyridine rings is 1. The number of ketones is 1. The van der Waals surface area contributed by atoms with Gasteiger partial charge in [0.05, 0.1) is 29.6 Å². The highest BCUT2D eigenvalue weighted by atomic mass is 35.5. The van der Waals surface area contributed by atoms with Crippen molar-refractivity contribution in [3.05, 3.63) is 93.7 Å². The number of nitrogen functional groups attached to an aromatic ring is 1. The lowest BCUT2D eigenvalue weighted by Crippen LogP contribution is -2.14. The Labute approximate surface area is 188 Å². The minimum atomic E-state index is -0.489. The van der Waals surface area contributed by atoms with Crippen LogP contribution in [0.2, 0.25) is 10.0 Å². The van der Waals surface area contributed by atoms with E-state index in [0.29, 0.717) is 32.6 Å². The first kappa shape index (κ1) is 20.8. The molecule has 0 unspecified atom stereocenters. The largest absolute Gasteiger partial charge is 0.495 e. The van der Waals surface area contributed by atoms with E-state index < -0.39 is 5.91 Å². The first-order valence-electron chi connectivity index (χ1n) is 9.24. The smallest absolute Gasteiger partial charge is 0.260 e. The molecule has 0 aliphatic heterocycles. The summed E-state index contributed by atoms with van der Waals surface area (Å²) in [7, 11) is 1.49. The van der Waals surface area contributed by atoms with Crippen molar-refractivity contribution in [3.63, 3.8) is 0 Å². The third-order valence-electron chi connectivity index (χ3n) is 4.84. The Bertz CT molecular complexity index is 1310. The van der Waals surface area contributed by atoms with Gasteiger partial charge in [0, 0.05) is 21.8 Å². The number of rotatable bonds is 5. The van der Waals surface area contributed by atoms with Crippen molar-refractivity contribution in [2.45, 2.75) is 0 Å². The first-order valence-corrected chi connectivity index (χ1v) is 10.00. The number of nitrogens with zero attached hydrogens (tertiary/aromatic N) is 1. The number of hydrogen-bond donors (Lipinski definition) is 2. The normalized spacial score (nSPS) is 10.8. The zero-order valence-corrected chi connectivity index (χ0v) is 17.9. The van der Waals surface area contributed by atoms with Crippen molar-refractivity contribution in [2.75, 3.05) is 18.2 Å². The van der Waals surface area contributed by atoms with Gasteiger partial charge in [0.25, 0.3) is 5.91 Å². The maximum atomic E-state index is 13.2. The lowest BCUT2D eigenvalue weighted by molar-refractivity contribution is 0.102. The van der Waals surface area contributed by atoms with Gasteiger partial charge < -0.3 is 20.2 Å². The van der Waals surface area contributed by atoms with Crippen molar-refractivity contribution >= 4 is 51.8 Å². The molecule has 4 rings (SSSR count). The van der Waals surface area contributed by atoms with E-state index >= 15 is 0 Å². The van der Waals surface area contributed by atoms with Gasteiger partial charge in [-0.25, -0.2) is 0 Å². The molecule has 0 aliphatic carbocycles. The number of ether oxygens (including phenoxy) is 1. The summed E-state index contributed by atoms with van der Waals surface area (Å²) in [6.45, 7) is 0. The molecule has 2 aromatic heterocycles. The van der Waals surface area contributed by atoms with Crippen LogP contribution in [0.1, 0.15) is 26.4 Å². The molecule has 0 atom stereocenters. The quantitative estimate of drug-likeness (QED) is 0.400. The van der Waals surface area contributed by atoms with Crippen molar-refractivity contribution in [2.24, 2.45) is 0 Å². The van der Waals surface area contributed by atoms with Gasteiger partial charge in [-0.2, -0.15) is 0 Å². The molecule has 156 valence electrons. The first-order chi connectivity index (χ1) is 14.9. The van der Waals surface area contributed by atoms with Crippen LogP contribution >= 0.6 is 23.2 Å². The Balaban J connectivity index is 1.82. The number of fused-ring (bicyclic) bond motifs is 1. The van der Waals surface area contributed by atoms with Crippen LogP contribution in [-0.2, 0) is 0 Å². The summed E-state index contributed by atoms with van der Waals surface area (Å²) < 4.78 is 6.90. The molecular weight excluding hydrogens is 437 g/mol. The molecule has 31 heavy (non-hydrogen) atoms. The third-order valence-corrected chi connectivity index (χ3v) is 5.33. The van der Waals surface area contributed by atoms with Crippen LogP contribution in [-0.4, -0.2) is 23.2 Å². The molecule has 0 saturated carbocycles. The molecule has 0 spiro atoms. The van der Waals surface area contributed by atoms with Gasteiger partial charge in [0.15, 0.2) is 0 Å². The lowest BCUT2D eigenvalue weighted by atomic mass is 10.1. The molecule has 0 radical (unpaired) electrons. The summed E-state index contributed by atoms with van der Waals surface area (Å²) in [5.41, 5.74) is 8.09. The predicted molar refractivity (Wildman–Crippen MR) is 123 cm³/mol. The Morgan fingerprint density at radius 2 is 1.71 bits per heavy atom. The number of nitrogens with two attached hydrogens (primary N) is 1. The molecule has 8 heteroatoms. The van der Waals surface area contributed by atoms with Crippen molar-refractivity contribution < 1.29 is 14.3 Å². The summed E-state index contributed by atoms with van der Waals surface area (Å²) in [5.74, 6) is -0.371. The number of carbonyl (C=O) groups is 2. The zero-order chi connectivity index (χ0) is 22.1. The fourth-order valence-electron chi connectivity index (χ4n) is 3.40. The minimum Gasteiger partial charge on any atom is -0.495 e. The molecule has 6 nitrogen and oxygen atoms in total. The summed E-state index contributed by atoms with van der Waals surface area (Å²) in [5, 5.41) is 3.73. The van der Waals surface area contributed by atoms with E-state index in [9.17, 15) is 9.59 Å². The van der Waals surface area contributed by atoms with E-state index in [1.807, 2.05) is 0 Å². The molecular formula is C23H17Cl2N3O3. The molecule has 2 heterocycles. The minimum absolute atomic E-state index is 0.0737. The molecule has 4 aromatic rings. The number of amides is 1. The third kappa shape index (κ3) is 3.83. The second kappa shape index (κ2) is 8.34. The van der Waals surface area contributed by atoms with E-state index in [0.717, 1.165) is 0 Å². The summed E-state index contributed by atoms with van der Waals surface area (Å²) >= 11 is 12.0. The van der Waals surface area contributed by atoms with E-state index in [-0.39, 0.29) is 22.7 Å². The molecule has 0 bridgehead atoms. The maximum absolute atomic E-state index is 13.2. The second-order valence-electron chi connectivity index (χ2n) is 6.73. The van der Waals surface area contributed by atoms with Gasteiger partial charge in [-0.3, -0.25) is 9.59 Å².